The lowest BCUT2D eigenvalue weighted by molar-refractivity contribution is 0.0786. The van der Waals surface area contributed by atoms with Crippen molar-refractivity contribution >= 4 is 23.1 Å². The third-order valence-corrected chi connectivity index (χ3v) is 6.48. The number of thiophene rings is 1. The van der Waals surface area contributed by atoms with Gasteiger partial charge in [-0.25, -0.2) is 4.98 Å². The van der Waals surface area contributed by atoms with Crippen LogP contribution in [0.1, 0.15) is 66.4 Å². The van der Waals surface area contributed by atoms with Crippen molar-refractivity contribution in [2.75, 3.05) is 18.4 Å². The van der Waals surface area contributed by atoms with Crippen molar-refractivity contribution in [3.05, 3.63) is 40.5 Å². The smallest absolute Gasteiger partial charge is 0.274 e. The minimum Gasteiger partial charge on any atom is -0.361 e. The van der Waals surface area contributed by atoms with Gasteiger partial charge in [-0.3, -0.25) is 9.78 Å². The molecule has 2 aromatic heterocycles. The van der Waals surface area contributed by atoms with Gasteiger partial charge < -0.3 is 10.2 Å². The minimum atomic E-state index is 0.00369. The molecule has 2 fully saturated rings. The molecule has 1 N–H and O–H groups in total. The number of nitrogens with zero attached hydrogens (tertiary/aromatic N) is 3. The maximum absolute atomic E-state index is 12.6. The number of aromatic nitrogens is 2. The van der Waals surface area contributed by atoms with Gasteiger partial charge >= 0.3 is 0 Å². The monoisotopic (exact) mass is 370 g/mol. The SMILES string of the molecule is O=C(c1cncc(NC(c2cccs2)C2CCCCC2)n1)N1CCCC1. The fraction of sp³-hybridized carbons (Fsp3) is 0.550. The molecule has 1 unspecified atom stereocenters. The summed E-state index contributed by atoms with van der Waals surface area (Å²) in [6, 6.07) is 4.56. The first-order valence-corrected chi connectivity index (χ1v) is 10.6. The maximum Gasteiger partial charge on any atom is 0.274 e. The Labute approximate surface area is 158 Å². The zero-order valence-electron chi connectivity index (χ0n) is 15.1. The summed E-state index contributed by atoms with van der Waals surface area (Å²) >= 11 is 1.79. The molecule has 6 heteroatoms. The highest BCUT2D eigenvalue weighted by Crippen LogP contribution is 2.38. The lowest BCUT2D eigenvalue weighted by Gasteiger charge is -2.30. The third kappa shape index (κ3) is 3.90. The zero-order chi connectivity index (χ0) is 17.8. The summed E-state index contributed by atoms with van der Waals surface area (Å²) in [5.74, 6) is 1.32. The molecular formula is C20H26N4OS. The molecule has 1 amide bonds. The van der Waals surface area contributed by atoms with Gasteiger partial charge in [-0.1, -0.05) is 25.3 Å². The molecule has 5 nitrogen and oxygen atoms in total. The van der Waals surface area contributed by atoms with Gasteiger partial charge in [-0.05, 0) is 43.0 Å². The average molecular weight is 371 g/mol. The Balaban J connectivity index is 1.53. The molecule has 0 spiro atoms. The number of amides is 1. The number of hydrogen-bond acceptors (Lipinski definition) is 5. The van der Waals surface area contributed by atoms with Crippen LogP contribution in [-0.4, -0.2) is 33.9 Å². The predicted molar refractivity (Wildman–Crippen MR) is 104 cm³/mol. The fourth-order valence-electron chi connectivity index (χ4n) is 4.14. The van der Waals surface area contributed by atoms with Crippen molar-refractivity contribution in [1.82, 2.24) is 14.9 Å². The van der Waals surface area contributed by atoms with Crippen molar-refractivity contribution in [2.45, 2.75) is 51.0 Å². The minimum absolute atomic E-state index is 0.00369. The molecule has 2 aromatic rings. The molecule has 26 heavy (non-hydrogen) atoms. The number of carbonyl (C=O) groups is 1. The van der Waals surface area contributed by atoms with E-state index in [1.807, 2.05) is 4.90 Å². The van der Waals surface area contributed by atoms with Crippen LogP contribution in [0.25, 0.3) is 0 Å². The van der Waals surface area contributed by atoms with Gasteiger partial charge in [0.15, 0.2) is 0 Å². The maximum atomic E-state index is 12.6. The van der Waals surface area contributed by atoms with Gasteiger partial charge in [-0.15, -0.1) is 11.3 Å². The summed E-state index contributed by atoms with van der Waals surface area (Å²) in [6.07, 6.45) is 11.9. The molecule has 1 saturated carbocycles. The quantitative estimate of drug-likeness (QED) is 0.841. The third-order valence-electron chi connectivity index (χ3n) is 5.52. The Morgan fingerprint density at radius 1 is 1.15 bits per heavy atom. The van der Waals surface area contributed by atoms with Gasteiger partial charge in [0.1, 0.15) is 11.5 Å². The standard InChI is InChI=1S/C20H26N4OS/c25-20(24-10-4-5-11-24)16-13-21-14-18(22-16)23-19(17-9-6-12-26-17)15-7-2-1-3-8-15/h6,9,12-15,19H,1-5,7-8,10-11H2,(H,22,23). The van der Waals surface area contributed by atoms with Crippen LogP contribution in [0.15, 0.2) is 29.9 Å². The van der Waals surface area contributed by atoms with Crippen LogP contribution in [0.5, 0.6) is 0 Å². The highest BCUT2D eigenvalue weighted by atomic mass is 32.1. The number of nitrogens with one attached hydrogen (secondary N) is 1. The first kappa shape index (κ1) is 17.5. The number of anilines is 1. The van der Waals surface area contributed by atoms with Crippen molar-refractivity contribution in [3.63, 3.8) is 0 Å². The first-order chi connectivity index (χ1) is 12.8. The van der Waals surface area contributed by atoms with Gasteiger partial charge in [0.25, 0.3) is 5.91 Å². The Morgan fingerprint density at radius 2 is 1.96 bits per heavy atom. The van der Waals surface area contributed by atoms with Crippen molar-refractivity contribution in [3.8, 4) is 0 Å². The highest BCUT2D eigenvalue weighted by molar-refractivity contribution is 7.10. The van der Waals surface area contributed by atoms with Crippen LogP contribution in [0.2, 0.25) is 0 Å². The van der Waals surface area contributed by atoms with Gasteiger partial charge in [0, 0.05) is 18.0 Å². The second-order valence-electron chi connectivity index (χ2n) is 7.32. The van der Waals surface area contributed by atoms with E-state index in [4.69, 9.17) is 0 Å². The normalized spacial score (nSPS) is 19.5. The Morgan fingerprint density at radius 3 is 2.69 bits per heavy atom. The topological polar surface area (TPSA) is 58.1 Å². The molecule has 1 aliphatic heterocycles. The molecule has 0 radical (unpaired) electrons. The van der Waals surface area contributed by atoms with Crippen molar-refractivity contribution < 1.29 is 4.79 Å². The molecule has 138 valence electrons. The first-order valence-electron chi connectivity index (χ1n) is 9.72. The van der Waals surface area contributed by atoms with Crippen molar-refractivity contribution in [2.24, 2.45) is 5.92 Å². The van der Waals surface area contributed by atoms with E-state index >= 15 is 0 Å². The number of carbonyl (C=O) groups excluding carboxylic acids is 1. The van der Waals surface area contributed by atoms with E-state index in [-0.39, 0.29) is 11.9 Å². The van der Waals surface area contributed by atoms with E-state index in [0.29, 0.717) is 17.4 Å². The van der Waals surface area contributed by atoms with Gasteiger partial charge in [-0.2, -0.15) is 0 Å². The van der Waals surface area contributed by atoms with E-state index in [1.54, 1.807) is 23.7 Å². The summed E-state index contributed by atoms with van der Waals surface area (Å²) in [4.78, 5) is 24.7. The summed E-state index contributed by atoms with van der Waals surface area (Å²) in [7, 11) is 0. The second kappa shape index (κ2) is 8.16. The molecule has 0 aromatic carbocycles. The average Bonchev–Trinajstić information content (AvgIpc) is 3.40. The summed E-state index contributed by atoms with van der Waals surface area (Å²) in [5.41, 5.74) is 0.450. The summed E-state index contributed by atoms with van der Waals surface area (Å²) in [6.45, 7) is 1.66. The van der Waals surface area contributed by atoms with Crippen LogP contribution >= 0.6 is 11.3 Å². The number of rotatable bonds is 5. The Hall–Kier alpha value is -1.95. The molecule has 4 rings (SSSR count). The predicted octanol–water partition coefficient (Wildman–Crippen LogP) is 4.51. The van der Waals surface area contributed by atoms with Crippen LogP contribution in [0, 0.1) is 5.92 Å². The van der Waals surface area contributed by atoms with E-state index in [0.717, 1.165) is 25.9 Å². The number of likely N-dealkylation sites (tertiary alicyclic amines) is 1. The molecule has 1 atom stereocenters. The van der Waals surface area contributed by atoms with E-state index < -0.39 is 0 Å². The zero-order valence-corrected chi connectivity index (χ0v) is 15.9. The van der Waals surface area contributed by atoms with Crippen LogP contribution in [0.4, 0.5) is 5.82 Å². The van der Waals surface area contributed by atoms with Crippen molar-refractivity contribution in [1.29, 1.82) is 0 Å². The summed E-state index contributed by atoms with van der Waals surface area (Å²) < 4.78 is 0. The Bertz CT molecular complexity index is 721. The van der Waals surface area contributed by atoms with E-state index in [9.17, 15) is 4.79 Å². The lowest BCUT2D eigenvalue weighted by Crippen LogP contribution is -2.29. The second-order valence-corrected chi connectivity index (χ2v) is 8.30. The fourth-order valence-corrected chi connectivity index (χ4v) is 5.01. The number of hydrogen-bond donors (Lipinski definition) is 1. The highest BCUT2D eigenvalue weighted by Gasteiger charge is 2.27. The van der Waals surface area contributed by atoms with Crippen LogP contribution in [-0.2, 0) is 0 Å². The molecule has 3 heterocycles. The van der Waals surface area contributed by atoms with E-state index in [2.05, 4.69) is 32.8 Å². The van der Waals surface area contributed by atoms with Crippen LogP contribution < -0.4 is 5.32 Å². The molecule has 0 bridgehead atoms. The molecule has 2 aliphatic rings. The largest absolute Gasteiger partial charge is 0.361 e. The van der Waals surface area contributed by atoms with Crippen LogP contribution in [0.3, 0.4) is 0 Å². The lowest BCUT2D eigenvalue weighted by atomic mass is 9.83. The molecule has 1 saturated heterocycles. The van der Waals surface area contributed by atoms with Gasteiger partial charge in [0.05, 0.1) is 18.4 Å². The Kier molecular flexibility index (Phi) is 5.48. The van der Waals surface area contributed by atoms with E-state index in [1.165, 1.54) is 37.0 Å². The molecule has 1 aliphatic carbocycles. The molecular weight excluding hydrogens is 344 g/mol. The summed E-state index contributed by atoms with van der Waals surface area (Å²) in [5, 5.41) is 5.73. The van der Waals surface area contributed by atoms with Gasteiger partial charge in [0.2, 0.25) is 0 Å².